The number of benzene rings is 3. The zero-order valence-electron chi connectivity index (χ0n) is 15.5. The van der Waals surface area contributed by atoms with Crippen LogP contribution in [0, 0.1) is 13.8 Å². The fourth-order valence-corrected chi connectivity index (χ4v) is 4.67. The minimum absolute atomic E-state index is 0.00996. The van der Waals surface area contributed by atoms with Crippen LogP contribution in [0.4, 0.5) is 0 Å². The second-order valence-electron chi connectivity index (χ2n) is 7.01. The number of aliphatic hydroxyl groups excluding tert-OH is 1. The molecule has 1 unspecified atom stereocenters. The summed E-state index contributed by atoms with van der Waals surface area (Å²) in [7, 11) is 0. The van der Waals surface area contributed by atoms with E-state index in [1.807, 2.05) is 38.1 Å². The predicted octanol–water partition coefficient (Wildman–Crippen LogP) is 6.91. The van der Waals surface area contributed by atoms with E-state index in [1.54, 1.807) is 36.4 Å². The number of Topliss-reactive ketones (excluding diaryl/α,β-unsaturated/α-hetero) is 1. The summed E-state index contributed by atoms with van der Waals surface area (Å²) in [6.07, 6.45) is 0. The first-order chi connectivity index (χ1) is 13.4. The van der Waals surface area contributed by atoms with Gasteiger partial charge >= 0.3 is 0 Å². The second-order valence-corrected chi connectivity index (χ2v) is 7.83. The Balaban J connectivity index is 2.07. The summed E-state index contributed by atoms with van der Waals surface area (Å²) < 4.78 is 0. The van der Waals surface area contributed by atoms with Crippen LogP contribution in [0.2, 0.25) is 10.0 Å². The molecule has 2 nitrogen and oxygen atoms in total. The van der Waals surface area contributed by atoms with Gasteiger partial charge in [-0.05, 0) is 42.7 Å². The van der Waals surface area contributed by atoms with Gasteiger partial charge in [0.05, 0.1) is 5.57 Å². The van der Waals surface area contributed by atoms with Gasteiger partial charge in [-0.25, -0.2) is 0 Å². The molecule has 0 aromatic heterocycles. The largest absolute Gasteiger partial charge is 0.507 e. The quantitative estimate of drug-likeness (QED) is 0.511. The van der Waals surface area contributed by atoms with E-state index in [-0.39, 0.29) is 11.5 Å². The number of rotatable bonds is 3. The molecule has 3 aromatic rings. The summed E-state index contributed by atoms with van der Waals surface area (Å²) in [6.45, 7) is 3.98. The van der Waals surface area contributed by atoms with Gasteiger partial charge in [0.25, 0.3) is 0 Å². The molecule has 0 heterocycles. The number of allylic oxidation sites excluding steroid dienone is 1. The third-order valence-electron chi connectivity index (χ3n) is 5.33. The smallest absolute Gasteiger partial charge is 0.194 e. The summed E-state index contributed by atoms with van der Waals surface area (Å²) in [5, 5.41) is 12.0. The lowest BCUT2D eigenvalue weighted by Gasteiger charge is -2.25. The average molecular weight is 409 g/mol. The standard InChI is InChI=1S/C24H18Cl2O2/c1-13-7-5-8-14(2)19(13)21(20-17(25)11-6-12-18(20)26)22-23(27)15-9-3-4-10-16(15)24(22)28/h3-12,21,27H,1-2H3. The van der Waals surface area contributed by atoms with Crippen LogP contribution >= 0.6 is 23.2 Å². The van der Waals surface area contributed by atoms with E-state index in [4.69, 9.17) is 23.2 Å². The summed E-state index contributed by atoms with van der Waals surface area (Å²) in [5.41, 5.74) is 4.92. The first kappa shape index (κ1) is 18.8. The molecule has 1 aliphatic carbocycles. The molecule has 140 valence electrons. The molecule has 1 N–H and O–H groups in total. The first-order valence-electron chi connectivity index (χ1n) is 8.99. The summed E-state index contributed by atoms with van der Waals surface area (Å²) in [6, 6.07) is 18.3. The van der Waals surface area contributed by atoms with Crippen LogP contribution < -0.4 is 0 Å². The Kier molecular flexibility index (Phi) is 4.78. The molecule has 0 fully saturated rings. The molecule has 3 aromatic carbocycles. The van der Waals surface area contributed by atoms with Gasteiger partial charge in [-0.3, -0.25) is 4.79 Å². The molecule has 1 atom stereocenters. The molecule has 0 saturated heterocycles. The van der Waals surface area contributed by atoms with Crippen molar-refractivity contribution in [3.05, 3.63) is 110 Å². The van der Waals surface area contributed by atoms with E-state index in [0.717, 1.165) is 16.7 Å². The normalized spacial score (nSPS) is 14.4. The molecular formula is C24H18Cl2O2. The van der Waals surface area contributed by atoms with Gasteiger partial charge < -0.3 is 5.11 Å². The highest BCUT2D eigenvalue weighted by molar-refractivity contribution is 6.36. The van der Waals surface area contributed by atoms with Crippen molar-refractivity contribution in [1.29, 1.82) is 0 Å². The lowest BCUT2D eigenvalue weighted by atomic mass is 9.79. The van der Waals surface area contributed by atoms with Crippen molar-refractivity contribution in [3.8, 4) is 0 Å². The van der Waals surface area contributed by atoms with Crippen molar-refractivity contribution in [2.75, 3.05) is 0 Å². The van der Waals surface area contributed by atoms with E-state index in [9.17, 15) is 9.90 Å². The Labute approximate surface area is 174 Å². The topological polar surface area (TPSA) is 37.3 Å². The lowest BCUT2D eigenvalue weighted by Crippen LogP contribution is -2.15. The van der Waals surface area contributed by atoms with Crippen LogP contribution in [-0.4, -0.2) is 10.9 Å². The average Bonchev–Trinajstić information content (AvgIpc) is 2.91. The number of carbonyl (C=O) groups is 1. The van der Waals surface area contributed by atoms with E-state index in [2.05, 4.69) is 0 Å². The molecule has 28 heavy (non-hydrogen) atoms. The number of hydrogen-bond acceptors (Lipinski definition) is 2. The molecule has 4 rings (SSSR count). The highest BCUT2D eigenvalue weighted by Gasteiger charge is 2.38. The number of ketones is 1. The van der Waals surface area contributed by atoms with Gasteiger partial charge in [0, 0.05) is 32.7 Å². The van der Waals surface area contributed by atoms with Gasteiger partial charge in [0.2, 0.25) is 0 Å². The highest BCUT2D eigenvalue weighted by atomic mass is 35.5. The SMILES string of the molecule is Cc1cccc(C)c1C(C1=C(O)c2ccccc2C1=O)c1c(Cl)cccc1Cl. The van der Waals surface area contributed by atoms with Crippen molar-refractivity contribution in [2.24, 2.45) is 0 Å². The number of carbonyl (C=O) groups excluding carboxylic acids is 1. The monoisotopic (exact) mass is 408 g/mol. The minimum Gasteiger partial charge on any atom is -0.507 e. The predicted molar refractivity (Wildman–Crippen MR) is 115 cm³/mol. The zero-order chi connectivity index (χ0) is 20.0. The van der Waals surface area contributed by atoms with Crippen molar-refractivity contribution in [3.63, 3.8) is 0 Å². The molecule has 4 heteroatoms. The fourth-order valence-electron chi connectivity index (χ4n) is 4.06. The summed E-state index contributed by atoms with van der Waals surface area (Å²) in [4.78, 5) is 13.3. The number of fused-ring (bicyclic) bond motifs is 1. The molecule has 0 aliphatic heterocycles. The van der Waals surface area contributed by atoms with Crippen LogP contribution in [0.5, 0.6) is 0 Å². The van der Waals surface area contributed by atoms with E-state index in [1.165, 1.54) is 0 Å². The lowest BCUT2D eigenvalue weighted by molar-refractivity contribution is 0.103. The molecule has 0 saturated carbocycles. The third kappa shape index (κ3) is 2.85. The fraction of sp³-hybridized carbons (Fsp3) is 0.125. The van der Waals surface area contributed by atoms with Crippen molar-refractivity contribution in [2.45, 2.75) is 19.8 Å². The van der Waals surface area contributed by atoms with Crippen molar-refractivity contribution >= 4 is 34.7 Å². The molecule has 1 aliphatic rings. The maximum Gasteiger partial charge on any atom is 0.194 e. The molecule has 0 radical (unpaired) electrons. The molecule has 0 amide bonds. The van der Waals surface area contributed by atoms with E-state index in [0.29, 0.717) is 32.3 Å². The van der Waals surface area contributed by atoms with Crippen LogP contribution in [0.25, 0.3) is 5.76 Å². The van der Waals surface area contributed by atoms with E-state index >= 15 is 0 Å². The molecule has 0 bridgehead atoms. The summed E-state index contributed by atoms with van der Waals surface area (Å²) >= 11 is 13.1. The van der Waals surface area contributed by atoms with Crippen LogP contribution in [0.1, 0.15) is 44.1 Å². The van der Waals surface area contributed by atoms with Crippen molar-refractivity contribution in [1.82, 2.24) is 0 Å². The van der Waals surface area contributed by atoms with E-state index < -0.39 is 5.92 Å². The maximum atomic E-state index is 13.3. The zero-order valence-corrected chi connectivity index (χ0v) is 17.0. The number of halogens is 2. The van der Waals surface area contributed by atoms with Crippen LogP contribution in [0.15, 0.2) is 66.2 Å². The molecule has 0 spiro atoms. The van der Waals surface area contributed by atoms with Gasteiger partial charge in [0.1, 0.15) is 5.76 Å². The Morgan fingerprint density at radius 1 is 0.750 bits per heavy atom. The second kappa shape index (κ2) is 7.12. The van der Waals surface area contributed by atoms with Gasteiger partial charge in [-0.1, -0.05) is 71.7 Å². The molecular weight excluding hydrogens is 391 g/mol. The summed E-state index contributed by atoms with van der Waals surface area (Å²) in [5.74, 6) is -0.775. The van der Waals surface area contributed by atoms with Gasteiger partial charge in [0.15, 0.2) is 5.78 Å². The third-order valence-corrected chi connectivity index (χ3v) is 5.99. The van der Waals surface area contributed by atoms with Crippen LogP contribution in [0.3, 0.4) is 0 Å². The Bertz CT molecular complexity index is 1050. The Morgan fingerprint density at radius 3 is 1.86 bits per heavy atom. The number of aryl methyl sites for hydroxylation is 2. The highest BCUT2D eigenvalue weighted by Crippen LogP contribution is 2.47. The van der Waals surface area contributed by atoms with Gasteiger partial charge in [-0.2, -0.15) is 0 Å². The number of hydrogen-bond donors (Lipinski definition) is 1. The number of aliphatic hydroxyl groups is 1. The minimum atomic E-state index is -0.567. The maximum absolute atomic E-state index is 13.3. The Morgan fingerprint density at radius 2 is 1.29 bits per heavy atom. The van der Waals surface area contributed by atoms with Crippen molar-refractivity contribution < 1.29 is 9.90 Å². The first-order valence-corrected chi connectivity index (χ1v) is 9.74. The Hall–Kier alpha value is -2.55. The van der Waals surface area contributed by atoms with Crippen LogP contribution in [-0.2, 0) is 0 Å². The van der Waals surface area contributed by atoms with Gasteiger partial charge in [-0.15, -0.1) is 0 Å².